The molecule has 4 aromatic rings. The average Bonchev–Trinajstić information content (AvgIpc) is 3.49. The molecule has 0 amide bonds. The fourth-order valence-corrected chi connectivity index (χ4v) is 3.66. The second kappa shape index (κ2) is 9.58. The predicted octanol–water partition coefficient (Wildman–Crippen LogP) is 4.88. The van der Waals surface area contributed by atoms with Gasteiger partial charge in [0.25, 0.3) is 0 Å². The van der Waals surface area contributed by atoms with Crippen molar-refractivity contribution in [2.24, 2.45) is 0 Å². The van der Waals surface area contributed by atoms with Crippen LogP contribution in [-0.2, 0) is 0 Å². The van der Waals surface area contributed by atoms with Crippen LogP contribution >= 0.6 is 0 Å². The standard InChI is InChI=1S/C24H31N7O3/c1-8-15(4)31-24-17(11-26-31)23(28-22(29-24)14(2)3)27-20-12-30(13-25-20)16-9-18(32-5)21(34-7)19(10-16)33-6/h9-15H,8H2,1-7H3,(H,27,28,29)/t15-/m1/s1. The highest BCUT2D eigenvalue weighted by atomic mass is 16.5. The van der Waals surface area contributed by atoms with Gasteiger partial charge in [-0.15, -0.1) is 0 Å². The summed E-state index contributed by atoms with van der Waals surface area (Å²) < 4.78 is 20.2. The van der Waals surface area contributed by atoms with E-state index in [9.17, 15) is 0 Å². The van der Waals surface area contributed by atoms with Gasteiger partial charge in [-0.1, -0.05) is 20.8 Å². The number of methoxy groups -OCH3 is 3. The van der Waals surface area contributed by atoms with Crippen molar-refractivity contribution in [3.05, 3.63) is 36.7 Å². The fourth-order valence-electron chi connectivity index (χ4n) is 3.66. The Morgan fingerprint density at radius 2 is 1.71 bits per heavy atom. The molecule has 0 fully saturated rings. The highest BCUT2D eigenvalue weighted by Crippen LogP contribution is 2.39. The molecule has 0 aliphatic carbocycles. The van der Waals surface area contributed by atoms with Gasteiger partial charge in [0, 0.05) is 18.1 Å². The molecule has 0 bridgehead atoms. The molecule has 4 rings (SSSR count). The van der Waals surface area contributed by atoms with Crippen LogP contribution in [0.15, 0.2) is 30.9 Å². The summed E-state index contributed by atoms with van der Waals surface area (Å²) in [6.45, 7) is 8.43. The van der Waals surface area contributed by atoms with E-state index in [4.69, 9.17) is 24.2 Å². The van der Waals surface area contributed by atoms with Gasteiger partial charge in [0.15, 0.2) is 17.1 Å². The third-order valence-corrected chi connectivity index (χ3v) is 5.77. The van der Waals surface area contributed by atoms with Crippen molar-refractivity contribution in [3.63, 3.8) is 0 Å². The normalized spacial score (nSPS) is 12.2. The largest absolute Gasteiger partial charge is 0.493 e. The number of aromatic nitrogens is 6. The van der Waals surface area contributed by atoms with Crippen LogP contribution in [0.3, 0.4) is 0 Å². The molecule has 0 saturated carbocycles. The summed E-state index contributed by atoms with van der Waals surface area (Å²) in [5.41, 5.74) is 1.63. The number of hydrogen-bond donors (Lipinski definition) is 1. The van der Waals surface area contributed by atoms with Crippen molar-refractivity contribution in [3.8, 4) is 22.9 Å². The van der Waals surface area contributed by atoms with Crippen LogP contribution < -0.4 is 19.5 Å². The number of ether oxygens (including phenoxy) is 3. The molecule has 0 saturated heterocycles. The minimum atomic E-state index is 0.169. The van der Waals surface area contributed by atoms with E-state index in [1.165, 1.54) is 0 Å². The van der Waals surface area contributed by atoms with E-state index in [0.717, 1.165) is 29.0 Å². The van der Waals surface area contributed by atoms with Crippen LogP contribution in [0.2, 0.25) is 0 Å². The zero-order valence-corrected chi connectivity index (χ0v) is 20.7. The first kappa shape index (κ1) is 23.3. The summed E-state index contributed by atoms with van der Waals surface area (Å²) in [7, 11) is 4.76. The second-order valence-corrected chi connectivity index (χ2v) is 8.34. The lowest BCUT2D eigenvalue weighted by atomic mass is 10.2. The molecule has 10 nitrogen and oxygen atoms in total. The van der Waals surface area contributed by atoms with E-state index in [1.807, 2.05) is 33.8 Å². The van der Waals surface area contributed by atoms with Crippen LogP contribution in [0.1, 0.15) is 51.9 Å². The Labute approximate surface area is 198 Å². The van der Waals surface area contributed by atoms with Crippen molar-refractivity contribution in [2.45, 2.75) is 46.1 Å². The average molecular weight is 466 g/mol. The fraction of sp³-hybridized carbons (Fsp3) is 0.417. The van der Waals surface area contributed by atoms with Gasteiger partial charge in [-0.05, 0) is 13.3 Å². The molecular formula is C24H31N7O3. The molecule has 10 heteroatoms. The lowest BCUT2D eigenvalue weighted by molar-refractivity contribution is 0.324. The number of nitrogens with one attached hydrogen (secondary N) is 1. The molecule has 1 aromatic carbocycles. The molecule has 3 aromatic heterocycles. The minimum Gasteiger partial charge on any atom is -0.493 e. The van der Waals surface area contributed by atoms with Gasteiger partial charge >= 0.3 is 0 Å². The highest BCUT2D eigenvalue weighted by Gasteiger charge is 2.18. The van der Waals surface area contributed by atoms with Crippen molar-refractivity contribution >= 4 is 22.7 Å². The van der Waals surface area contributed by atoms with Crippen LogP contribution in [0, 0.1) is 0 Å². The van der Waals surface area contributed by atoms with E-state index < -0.39 is 0 Å². The van der Waals surface area contributed by atoms with Gasteiger partial charge in [-0.25, -0.2) is 19.6 Å². The Morgan fingerprint density at radius 1 is 1.00 bits per heavy atom. The Bertz CT molecular complexity index is 1270. The molecule has 0 unspecified atom stereocenters. The quantitative estimate of drug-likeness (QED) is 0.373. The molecule has 180 valence electrons. The maximum atomic E-state index is 5.48. The first-order valence-corrected chi connectivity index (χ1v) is 11.3. The Balaban J connectivity index is 1.73. The van der Waals surface area contributed by atoms with E-state index >= 15 is 0 Å². The van der Waals surface area contributed by atoms with E-state index in [2.05, 4.69) is 43.1 Å². The van der Waals surface area contributed by atoms with Crippen LogP contribution in [0.5, 0.6) is 17.2 Å². The number of anilines is 2. The lowest BCUT2D eigenvalue weighted by Gasteiger charge is -2.14. The molecule has 0 aliphatic rings. The first-order chi connectivity index (χ1) is 16.4. The van der Waals surface area contributed by atoms with Gasteiger partial charge < -0.3 is 24.1 Å². The third kappa shape index (κ3) is 4.23. The molecule has 0 radical (unpaired) electrons. The predicted molar refractivity (Wildman–Crippen MR) is 131 cm³/mol. The second-order valence-electron chi connectivity index (χ2n) is 8.34. The van der Waals surface area contributed by atoms with Crippen molar-refractivity contribution < 1.29 is 14.2 Å². The van der Waals surface area contributed by atoms with Gasteiger partial charge in [-0.3, -0.25) is 0 Å². The Hall–Kier alpha value is -3.82. The summed E-state index contributed by atoms with van der Waals surface area (Å²) in [4.78, 5) is 14.1. The van der Waals surface area contributed by atoms with Crippen molar-refractivity contribution in [1.29, 1.82) is 0 Å². The zero-order chi connectivity index (χ0) is 24.4. The number of imidazole rings is 1. The van der Waals surface area contributed by atoms with E-state index in [0.29, 0.717) is 28.9 Å². The van der Waals surface area contributed by atoms with Crippen molar-refractivity contribution in [2.75, 3.05) is 26.6 Å². The monoisotopic (exact) mass is 465 g/mol. The number of hydrogen-bond acceptors (Lipinski definition) is 8. The summed E-state index contributed by atoms with van der Waals surface area (Å²) in [6, 6.07) is 3.96. The summed E-state index contributed by atoms with van der Waals surface area (Å²) in [5, 5.41) is 8.80. The Morgan fingerprint density at radius 3 is 2.29 bits per heavy atom. The minimum absolute atomic E-state index is 0.169. The molecule has 1 N–H and O–H groups in total. The number of rotatable bonds is 9. The summed E-state index contributed by atoms with van der Waals surface area (Å²) in [5.74, 6) is 3.91. The van der Waals surface area contributed by atoms with Crippen LogP contribution in [-0.4, -0.2) is 50.6 Å². The Kier molecular flexibility index (Phi) is 6.58. The number of fused-ring (bicyclic) bond motifs is 1. The van der Waals surface area contributed by atoms with Gasteiger partial charge in [0.05, 0.1) is 50.8 Å². The van der Waals surface area contributed by atoms with E-state index in [-0.39, 0.29) is 12.0 Å². The molecular weight excluding hydrogens is 434 g/mol. The molecule has 34 heavy (non-hydrogen) atoms. The highest BCUT2D eigenvalue weighted by molar-refractivity contribution is 5.88. The summed E-state index contributed by atoms with van der Waals surface area (Å²) >= 11 is 0. The van der Waals surface area contributed by atoms with E-state index in [1.54, 1.807) is 27.7 Å². The third-order valence-electron chi connectivity index (χ3n) is 5.77. The number of benzene rings is 1. The number of nitrogens with zero attached hydrogens (tertiary/aromatic N) is 6. The van der Waals surface area contributed by atoms with Crippen LogP contribution in [0.25, 0.3) is 16.7 Å². The first-order valence-electron chi connectivity index (χ1n) is 11.3. The maximum absolute atomic E-state index is 5.48. The van der Waals surface area contributed by atoms with Gasteiger partial charge in [0.2, 0.25) is 5.75 Å². The van der Waals surface area contributed by atoms with Gasteiger partial charge in [0.1, 0.15) is 23.8 Å². The topological polar surface area (TPSA) is 101 Å². The summed E-state index contributed by atoms with van der Waals surface area (Å²) in [6.07, 6.45) is 6.36. The zero-order valence-electron chi connectivity index (χ0n) is 20.7. The molecule has 0 aliphatic heterocycles. The molecule has 3 heterocycles. The lowest BCUT2D eigenvalue weighted by Crippen LogP contribution is -2.09. The SMILES string of the molecule is CC[C@@H](C)n1ncc2c(Nc3cn(-c4cc(OC)c(OC)c(OC)c4)cn3)nc(C(C)C)nc21. The van der Waals surface area contributed by atoms with Crippen LogP contribution in [0.4, 0.5) is 11.6 Å². The molecule has 0 spiro atoms. The molecule has 1 atom stereocenters. The smallest absolute Gasteiger partial charge is 0.203 e. The van der Waals surface area contributed by atoms with Crippen molar-refractivity contribution in [1.82, 2.24) is 29.3 Å². The maximum Gasteiger partial charge on any atom is 0.203 e. The van der Waals surface area contributed by atoms with Gasteiger partial charge in [-0.2, -0.15) is 5.10 Å².